The van der Waals surface area contributed by atoms with E-state index in [1.165, 1.54) is 0 Å². The standard InChI is InChI=1S/C39H51N3O11/c1-38(2,3)52-30(44)15-13-25(20-43)40-35(45)26-9-6-16-41(26)37(47)39-18-29-31-32(49-21-48-31)34(39)53-42(33(39)36(46)51-29)19-24-8-5-4-7-23(24)12-10-22-11-14-27-28(17-22)50-27/h4-5,7-8,10,12,22,25-29,31-34,43H,6,9,11,13-21H2,1-3H3,(H,40,45)/t22?,25-,26+,27?,28?,29+,31-,32-,33-,34+,39-/m0/s1. The van der Waals surface area contributed by atoms with Crippen LogP contribution in [0.4, 0.5) is 0 Å². The number of nitrogens with one attached hydrogen (secondary N) is 1. The first kappa shape index (κ1) is 36.6. The van der Waals surface area contributed by atoms with Crippen molar-refractivity contribution in [2.24, 2.45) is 11.3 Å². The van der Waals surface area contributed by atoms with Gasteiger partial charge in [0.1, 0.15) is 48.3 Å². The molecule has 2 N–H and O–H groups in total. The summed E-state index contributed by atoms with van der Waals surface area (Å²) in [4.78, 5) is 63.5. The SMILES string of the molecule is CC(C)(C)OC(=O)CC[C@@H](CO)NC(=O)[C@H]1CCCN1C(=O)[C@@]12C[C@H]3OC(=O)[C@@H]1N(Cc1ccccc1C=CC1CCC4OC4C1)O[C@@H]2[C@H]1OCO[C@H]13. The second-order valence-electron chi connectivity index (χ2n) is 16.6. The van der Waals surface area contributed by atoms with Gasteiger partial charge < -0.3 is 39.0 Å². The second kappa shape index (κ2) is 14.3. The van der Waals surface area contributed by atoms with Gasteiger partial charge in [-0.05, 0) is 76.3 Å². The Morgan fingerprint density at radius 2 is 1.91 bits per heavy atom. The van der Waals surface area contributed by atoms with E-state index in [1.807, 2.05) is 24.3 Å². The number of aliphatic hydroxyl groups excluding tert-OH is 1. The fourth-order valence-corrected chi connectivity index (χ4v) is 9.41. The number of rotatable bonds is 11. The average molecular weight is 738 g/mol. The van der Waals surface area contributed by atoms with Gasteiger partial charge in [0.25, 0.3) is 0 Å². The third kappa shape index (κ3) is 7.02. The topological polar surface area (TPSA) is 166 Å². The summed E-state index contributed by atoms with van der Waals surface area (Å²) in [7, 11) is 0. The van der Waals surface area contributed by atoms with E-state index in [-0.39, 0.29) is 45.1 Å². The van der Waals surface area contributed by atoms with E-state index in [0.29, 0.717) is 37.5 Å². The number of epoxide rings is 1. The number of fused-ring (bicyclic) bond motifs is 5. The first-order chi connectivity index (χ1) is 25.4. The van der Waals surface area contributed by atoms with E-state index in [1.54, 1.807) is 30.7 Å². The molecule has 288 valence electrons. The Morgan fingerprint density at radius 3 is 2.70 bits per heavy atom. The number of hydroxylamine groups is 2. The highest BCUT2D eigenvalue weighted by molar-refractivity contribution is 5.96. The first-order valence-corrected chi connectivity index (χ1v) is 19.2. The van der Waals surface area contributed by atoms with Crippen molar-refractivity contribution in [3.05, 3.63) is 41.5 Å². The van der Waals surface area contributed by atoms with Gasteiger partial charge >= 0.3 is 11.9 Å². The molecule has 0 radical (unpaired) electrons. The molecule has 2 amide bonds. The van der Waals surface area contributed by atoms with Gasteiger partial charge in [-0.1, -0.05) is 36.4 Å². The number of carbonyl (C=O) groups is 4. The molecule has 14 heteroatoms. The van der Waals surface area contributed by atoms with Crippen LogP contribution in [0.3, 0.4) is 0 Å². The highest BCUT2D eigenvalue weighted by Gasteiger charge is 2.75. The normalized spacial score (nSPS) is 36.5. The van der Waals surface area contributed by atoms with Crippen molar-refractivity contribution in [3.63, 3.8) is 0 Å². The number of likely N-dealkylation sites (tertiary alicyclic amines) is 1. The van der Waals surface area contributed by atoms with Gasteiger partial charge in [-0.3, -0.25) is 24.0 Å². The summed E-state index contributed by atoms with van der Waals surface area (Å²) >= 11 is 0. The molecule has 8 rings (SSSR count). The van der Waals surface area contributed by atoms with E-state index in [4.69, 9.17) is 28.5 Å². The van der Waals surface area contributed by atoms with Crippen LogP contribution in [0.15, 0.2) is 30.3 Å². The third-order valence-electron chi connectivity index (χ3n) is 11.9. The van der Waals surface area contributed by atoms with Crippen molar-refractivity contribution in [1.82, 2.24) is 15.3 Å². The highest BCUT2D eigenvalue weighted by Crippen LogP contribution is 2.56. The Labute approximate surface area is 309 Å². The molecule has 53 heavy (non-hydrogen) atoms. The number of hydrogen-bond donors (Lipinski definition) is 2. The number of amides is 2. The Hall–Kier alpha value is -3.40. The molecule has 2 bridgehead atoms. The lowest BCUT2D eigenvalue weighted by atomic mass is 9.62. The number of hydrogen-bond acceptors (Lipinski definition) is 12. The van der Waals surface area contributed by atoms with Crippen LogP contribution in [0.25, 0.3) is 6.08 Å². The summed E-state index contributed by atoms with van der Waals surface area (Å²) in [5.41, 5.74) is -0.121. The molecule has 14 nitrogen and oxygen atoms in total. The minimum atomic E-state index is -1.39. The minimum absolute atomic E-state index is 0.0131. The number of allylic oxidation sites excluding steroid dienone is 1. The fraction of sp³-hybridized carbons (Fsp3) is 0.692. The Balaban J connectivity index is 1.03. The van der Waals surface area contributed by atoms with Crippen molar-refractivity contribution < 1.29 is 52.8 Å². The molecule has 7 aliphatic rings. The zero-order chi connectivity index (χ0) is 37.1. The summed E-state index contributed by atoms with van der Waals surface area (Å²) in [6, 6.07) is 5.33. The number of ether oxygens (including phenoxy) is 5. The molecule has 7 fully saturated rings. The van der Waals surface area contributed by atoms with Crippen LogP contribution in [0.1, 0.15) is 83.3 Å². The van der Waals surface area contributed by atoms with Crippen LogP contribution in [-0.4, -0.2) is 119 Å². The average Bonchev–Trinajstić information content (AvgIpc) is 3.43. The number of nitrogens with zero attached hydrogens (tertiary/aromatic N) is 2. The molecule has 2 saturated carbocycles. The molecule has 2 aliphatic carbocycles. The van der Waals surface area contributed by atoms with Crippen molar-refractivity contribution in [1.29, 1.82) is 0 Å². The molecule has 5 heterocycles. The molecule has 1 aromatic carbocycles. The van der Waals surface area contributed by atoms with Crippen LogP contribution in [0, 0.1) is 11.3 Å². The van der Waals surface area contributed by atoms with Crippen LogP contribution in [-0.2, 0) is 54.2 Å². The molecule has 0 aromatic heterocycles. The predicted molar refractivity (Wildman–Crippen MR) is 186 cm³/mol. The second-order valence-corrected chi connectivity index (χ2v) is 16.6. The number of carbonyl (C=O) groups excluding carboxylic acids is 4. The van der Waals surface area contributed by atoms with Crippen molar-refractivity contribution in [2.75, 3.05) is 19.9 Å². The number of aliphatic hydroxyl groups is 1. The van der Waals surface area contributed by atoms with E-state index in [2.05, 4.69) is 17.5 Å². The zero-order valence-corrected chi connectivity index (χ0v) is 30.6. The van der Waals surface area contributed by atoms with Crippen LogP contribution < -0.4 is 5.32 Å². The number of benzene rings is 1. The monoisotopic (exact) mass is 737 g/mol. The lowest BCUT2D eigenvalue weighted by molar-refractivity contribution is -0.204. The van der Waals surface area contributed by atoms with Gasteiger partial charge in [0, 0.05) is 19.4 Å². The van der Waals surface area contributed by atoms with Gasteiger partial charge in [0.2, 0.25) is 11.8 Å². The first-order valence-electron chi connectivity index (χ1n) is 19.2. The predicted octanol–water partition coefficient (Wildman–Crippen LogP) is 2.40. The fourth-order valence-electron chi connectivity index (χ4n) is 9.41. The molecule has 11 atom stereocenters. The smallest absolute Gasteiger partial charge is 0.327 e. The molecule has 5 saturated heterocycles. The zero-order valence-electron chi connectivity index (χ0n) is 30.6. The summed E-state index contributed by atoms with van der Waals surface area (Å²) in [6.45, 7) is 5.46. The Bertz CT molecular complexity index is 1630. The summed E-state index contributed by atoms with van der Waals surface area (Å²) < 4.78 is 29.0. The van der Waals surface area contributed by atoms with Gasteiger partial charge in [0.15, 0.2) is 6.04 Å². The molecular formula is C39H51N3O11. The summed E-state index contributed by atoms with van der Waals surface area (Å²) in [6.07, 6.45) is 6.91. The van der Waals surface area contributed by atoms with Crippen LogP contribution in [0.2, 0.25) is 0 Å². The Kier molecular flexibility index (Phi) is 9.90. The van der Waals surface area contributed by atoms with Gasteiger partial charge in [-0.2, -0.15) is 5.06 Å². The third-order valence-corrected chi connectivity index (χ3v) is 11.9. The maximum absolute atomic E-state index is 15.1. The quantitative estimate of drug-likeness (QED) is 0.252. The van der Waals surface area contributed by atoms with Crippen molar-refractivity contribution in [2.45, 2.75) is 139 Å². The van der Waals surface area contributed by atoms with Gasteiger partial charge in [-0.15, -0.1) is 0 Å². The molecule has 0 spiro atoms. The molecule has 1 aromatic rings. The summed E-state index contributed by atoms with van der Waals surface area (Å²) in [5, 5.41) is 14.5. The minimum Gasteiger partial charge on any atom is -0.460 e. The van der Waals surface area contributed by atoms with E-state index < -0.39 is 71.4 Å². The van der Waals surface area contributed by atoms with E-state index >= 15 is 4.79 Å². The van der Waals surface area contributed by atoms with Crippen molar-refractivity contribution >= 4 is 29.8 Å². The lowest BCUT2D eigenvalue weighted by Gasteiger charge is -2.50. The largest absolute Gasteiger partial charge is 0.460 e. The molecule has 5 aliphatic heterocycles. The maximum atomic E-state index is 15.1. The van der Waals surface area contributed by atoms with E-state index in [9.17, 15) is 19.5 Å². The molecule has 3 unspecified atom stereocenters. The Morgan fingerprint density at radius 1 is 1.09 bits per heavy atom. The summed E-state index contributed by atoms with van der Waals surface area (Å²) in [5.74, 6) is -1.34. The van der Waals surface area contributed by atoms with Gasteiger partial charge in [-0.25, -0.2) is 0 Å². The van der Waals surface area contributed by atoms with Crippen molar-refractivity contribution in [3.8, 4) is 0 Å². The lowest BCUT2D eigenvalue weighted by Crippen LogP contribution is -2.70. The number of esters is 2. The molecular weight excluding hydrogens is 686 g/mol. The maximum Gasteiger partial charge on any atom is 0.327 e. The van der Waals surface area contributed by atoms with E-state index in [0.717, 1.165) is 30.4 Å². The van der Waals surface area contributed by atoms with Crippen LogP contribution >= 0.6 is 0 Å². The van der Waals surface area contributed by atoms with Gasteiger partial charge in [0.05, 0.1) is 31.4 Å². The van der Waals surface area contributed by atoms with Crippen LogP contribution in [0.5, 0.6) is 0 Å². The highest BCUT2D eigenvalue weighted by atomic mass is 16.8.